The Bertz CT molecular complexity index is 813. The Labute approximate surface area is 139 Å². The van der Waals surface area contributed by atoms with Crippen LogP contribution in [0.5, 0.6) is 0 Å². The number of nitrogens with zero attached hydrogens (tertiary/aromatic N) is 1. The molecule has 4 rings (SSSR count). The van der Waals surface area contributed by atoms with Crippen LogP contribution in [0.25, 0.3) is 0 Å². The van der Waals surface area contributed by atoms with Gasteiger partial charge in [-0.3, -0.25) is 9.59 Å². The average molecular weight is 326 g/mol. The van der Waals surface area contributed by atoms with E-state index in [1.165, 1.54) is 0 Å². The van der Waals surface area contributed by atoms with Gasteiger partial charge in [0.25, 0.3) is 0 Å². The smallest absolute Gasteiger partial charge is 0.224 e. The van der Waals surface area contributed by atoms with E-state index in [4.69, 9.17) is 11.6 Å². The highest BCUT2D eigenvalue weighted by Gasteiger charge is 2.45. The third-order valence-electron chi connectivity index (χ3n) is 4.91. The fourth-order valence-corrected chi connectivity index (χ4v) is 4.14. The van der Waals surface area contributed by atoms with Crippen molar-refractivity contribution >= 4 is 29.0 Å². The summed E-state index contributed by atoms with van der Waals surface area (Å²) in [5, 5.41) is 0.679. The van der Waals surface area contributed by atoms with Gasteiger partial charge in [-0.05, 0) is 35.7 Å². The van der Waals surface area contributed by atoms with Crippen molar-refractivity contribution in [2.75, 3.05) is 4.90 Å². The first-order chi connectivity index (χ1) is 11.1. The maximum absolute atomic E-state index is 12.3. The van der Waals surface area contributed by atoms with Crippen molar-refractivity contribution in [3.05, 3.63) is 64.2 Å². The molecule has 2 atom stereocenters. The molecule has 0 aromatic heterocycles. The third kappa shape index (κ3) is 2.11. The summed E-state index contributed by atoms with van der Waals surface area (Å²) < 4.78 is 0. The normalized spacial score (nSPS) is 22.2. The zero-order valence-electron chi connectivity index (χ0n) is 12.8. The molecule has 0 fully saturated rings. The lowest BCUT2D eigenvalue weighted by Gasteiger charge is -2.29. The Morgan fingerprint density at radius 2 is 1.91 bits per heavy atom. The van der Waals surface area contributed by atoms with Crippen LogP contribution in [0.4, 0.5) is 5.69 Å². The van der Waals surface area contributed by atoms with Crippen LogP contribution in [-0.4, -0.2) is 11.7 Å². The molecule has 1 amide bonds. The number of carbonyl (C=O) groups excluding carboxylic acids is 2. The van der Waals surface area contributed by atoms with Gasteiger partial charge in [0.2, 0.25) is 5.91 Å². The van der Waals surface area contributed by atoms with Crippen LogP contribution in [0.2, 0.25) is 5.02 Å². The summed E-state index contributed by atoms with van der Waals surface area (Å²) in [6.07, 6.45) is 1.32. The van der Waals surface area contributed by atoms with E-state index >= 15 is 0 Å². The highest BCUT2D eigenvalue weighted by atomic mass is 35.5. The monoisotopic (exact) mass is 325 g/mol. The Morgan fingerprint density at radius 1 is 1.17 bits per heavy atom. The number of rotatable bonds is 1. The fourth-order valence-electron chi connectivity index (χ4n) is 4.01. The van der Waals surface area contributed by atoms with Gasteiger partial charge < -0.3 is 4.90 Å². The predicted molar refractivity (Wildman–Crippen MR) is 90.1 cm³/mol. The molecular formula is C19H16ClNO2. The molecule has 4 heteroatoms. The average Bonchev–Trinajstić information content (AvgIpc) is 2.88. The topological polar surface area (TPSA) is 37.4 Å². The van der Waals surface area contributed by atoms with Gasteiger partial charge in [-0.15, -0.1) is 0 Å². The predicted octanol–water partition coefficient (Wildman–Crippen LogP) is 4.51. The molecule has 1 aliphatic carbocycles. The van der Waals surface area contributed by atoms with E-state index in [2.05, 4.69) is 0 Å². The van der Waals surface area contributed by atoms with E-state index in [1.807, 2.05) is 47.4 Å². The third-order valence-corrected chi connectivity index (χ3v) is 5.16. The van der Waals surface area contributed by atoms with Gasteiger partial charge in [0.1, 0.15) is 0 Å². The van der Waals surface area contributed by atoms with E-state index in [-0.39, 0.29) is 23.7 Å². The summed E-state index contributed by atoms with van der Waals surface area (Å²) in [7, 11) is 0. The molecule has 23 heavy (non-hydrogen) atoms. The minimum Gasteiger partial charge on any atom is -0.304 e. The second-order valence-electron chi connectivity index (χ2n) is 6.19. The molecule has 1 aliphatic heterocycles. The first-order valence-corrected chi connectivity index (χ1v) is 8.17. The molecule has 2 aromatic rings. The molecule has 0 saturated heterocycles. The van der Waals surface area contributed by atoms with Crippen molar-refractivity contribution in [2.24, 2.45) is 0 Å². The quantitative estimate of drug-likeness (QED) is 0.773. The van der Waals surface area contributed by atoms with Crippen LogP contribution in [0, 0.1) is 0 Å². The maximum atomic E-state index is 12.3. The number of benzene rings is 2. The van der Waals surface area contributed by atoms with Crippen molar-refractivity contribution in [3.8, 4) is 0 Å². The summed E-state index contributed by atoms with van der Waals surface area (Å²) >= 11 is 6.01. The van der Waals surface area contributed by atoms with Gasteiger partial charge in [0.05, 0.1) is 6.04 Å². The van der Waals surface area contributed by atoms with Crippen molar-refractivity contribution in [1.82, 2.24) is 0 Å². The van der Waals surface area contributed by atoms with Gasteiger partial charge >= 0.3 is 0 Å². The number of hydrogen-bond donors (Lipinski definition) is 0. The molecular weight excluding hydrogens is 310 g/mol. The van der Waals surface area contributed by atoms with Gasteiger partial charge in [-0.25, -0.2) is 0 Å². The molecule has 1 heterocycles. The van der Waals surface area contributed by atoms with Crippen LogP contribution in [0.15, 0.2) is 42.5 Å². The van der Waals surface area contributed by atoms with E-state index in [0.717, 1.165) is 28.8 Å². The van der Waals surface area contributed by atoms with E-state index in [9.17, 15) is 9.59 Å². The SMILES string of the molecule is CC(=O)N1c2cccc3c2C(CCC3=O)C1c1ccc(Cl)cc1. The van der Waals surface area contributed by atoms with E-state index in [1.54, 1.807) is 6.92 Å². The number of anilines is 1. The van der Waals surface area contributed by atoms with Crippen molar-refractivity contribution in [1.29, 1.82) is 0 Å². The molecule has 2 aliphatic rings. The zero-order valence-corrected chi connectivity index (χ0v) is 13.5. The number of hydrogen-bond acceptors (Lipinski definition) is 2. The highest BCUT2D eigenvalue weighted by molar-refractivity contribution is 6.30. The second-order valence-corrected chi connectivity index (χ2v) is 6.63. The van der Waals surface area contributed by atoms with Crippen LogP contribution in [0.3, 0.4) is 0 Å². The van der Waals surface area contributed by atoms with Gasteiger partial charge in [0, 0.05) is 35.5 Å². The summed E-state index contributed by atoms with van der Waals surface area (Å²) in [4.78, 5) is 26.4. The Kier molecular flexibility index (Phi) is 3.27. The zero-order chi connectivity index (χ0) is 16.1. The fraction of sp³-hybridized carbons (Fsp3) is 0.263. The Balaban J connectivity index is 1.92. The van der Waals surface area contributed by atoms with Gasteiger partial charge in [0.15, 0.2) is 5.78 Å². The summed E-state index contributed by atoms with van der Waals surface area (Å²) in [6, 6.07) is 13.3. The molecule has 2 aromatic carbocycles. The Morgan fingerprint density at radius 3 is 2.61 bits per heavy atom. The van der Waals surface area contributed by atoms with Crippen LogP contribution < -0.4 is 4.90 Å². The molecule has 0 spiro atoms. The van der Waals surface area contributed by atoms with E-state index in [0.29, 0.717) is 11.4 Å². The maximum Gasteiger partial charge on any atom is 0.224 e. The Hall–Kier alpha value is -2.13. The van der Waals surface area contributed by atoms with Crippen molar-refractivity contribution in [2.45, 2.75) is 31.7 Å². The molecule has 2 unspecified atom stereocenters. The molecule has 0 N–H and O–H groups in total. The molecule has 116 valence electrons. The lowest BCUT2D eigenvalue weighted by atomic mass is 9.78. The van der Waals surface area contributed by atoms with E-state index < -0.39 is 0 Å². The van der Waals surface area contributed by atoms with Crippen LogP contribution in [-0.2, 0) is 4.79 Å². The summed E-state index contributed by atoms with van der Waals surface area (Å²) in [5.74, 6) is 0.350. The molecule has 0 radical (unpaired) electrons. The molecule has 3 nitrogen and oxygen atoms in total. The van der Waals surface area contributed by atoms with Crippen LogP contribution in [0.1, 0.15) is 53.2 Å². The first-order valence-electron chi connectivity index (χ1n) is 7.79. The van der Waals surface area contributed by atoms with Crippen molar-refractivity contribution in [3.63, 3.8) is 0 Å². The summed E-state index contributed by atoms with van der Waals surface area (Å²) in [6.45, 7) is 1.58. The largest absolute Gasteiger partial charge is 0.304 e. The molecule has 0 bridgehead atoms. The van der Waals surface area contributed by atoms with Crippen LogP contribution >= 0.6 is 11.6 Å². The lowest BCUT2D eigenvalue weighted by Crippen LogP contribution is -2.31. The first kappa shape index (κ1) is 14.5. The number of Topliss-reactive ketones (excluding diaryl/α,β-unsaturated/α-hetero) is 1. The van der Waals surface area contributed by atoms with Crippen molar-refractivity contribution < 1.29 is 9.59 Å². The van der Waals surface area contributed by atoms with Gasteiger partial charge in [-0.1, -0.05) is 35.9 Å². The summed E-state index contributed by atoms with van der Waals surface area (Å²) in [5.41, 5.74) is 3.76. The number of carbonyl (C=O) groups is 2. The lowest BCUT2D eigenvalue weighted by molar-refractivity contribution is -0.117. The minimum atomic E-state index is -0.0611. The minimum absolute atomic E-state index is 0.000184. The number of amides is 1. The van der Waals surface area contributed by atoms with Gasteiger partial charge in [-0.2, -0.15) is 0 Å². The highest BCUT2D eigenvalue weighted by Crippen LogP contribution is 2.54. The standard InChI is InChI=1S/C19H16ClNO2/c1-11(22)21-16-4-2-3-14-17(23)10-9-15(18(14)16)19(21)12-5-7-13(20)8-6-12/h2-8,15,19H,9-10H2,1H3. The molecule has 0 saturated carbocycles. The second kappa shape index (κ2) is 5.20. The number of halogens is 1. The number of ketones is 1.